The molecule has 1 aromatic rings. The Morgan fingerprint density at radius 1 is 1.08 bits per heavy atom. The minimum Gasteiger partial charge on any atom is -0.342 e. The van der Waals surface area contributed by atoms with Crippen LogP contribution in [0.1, 0.15) is 25.7 Å². The zero-order valence-electron chi connectivity index (χ0n) is 14.2. The molecule has 1 aromatic carbocycles. The fraction of sp³-hybridized carbons (Fsp3) is 0.556. The fourth-order valence-corrected chi connectivity index (χ4v) is 2.99. The molecule has 1 saturated heterocycles. The summed E-state index contributed by atoms with van der Waals surface area (Å²) in [6.07, 6.45) is 3.88. The Morgan fingerprint density at radius 2 is 1.72 bits per heavy atom. The summed E-state index contributed by atoms with van der Waals surface area (Å²) in [4.78, 5) is 26.2. The van der Waals surface area contributed by atoms with Crippen LogP contribution < -0.4 is 10.6 Å². The van der Waals surface area contributed by atoms with Crippen molar-refractivity contribution < 1.29 is 14.0 Å². The summed E-state index contributed by atoms with van der Waals surface area (Å²) in [6, 6.07) is 5.76. The van der Waals surface area contributed by atoms with Crippen molar-refractivity contribution in [2.24, 2.45) is 11.8 Å². The fourth-order valence-electron chi connectivity index (χ4n) is 2.99. The number of likely N-dealkylation sites (tertiary alicyclic amines) is 1. The van der Waals surface area contributed by atoms with E-state index in [0.717, 1.165) is 12.5 Å². The number of rotatable bonds is 6. The molecule has 25 heavy (non-hydrogen) atoms. The van der Waals surface area contributed by atoms with Gasteiger partial charge in [-0.15, -0.1) is 12.4 Å². The smallest absolute Gasteiger partial charge is 0.236 e. The Labute approximate surface area is 153 Å². The number of anilines is 1. The van der Waals surface area contributed by atoms with Crippen LogP contribution in [0.5, 0.6) is 0 Å². The number of nitrogens with one attached hydrogen (secondary N) is 2. The molecular weight excluding hydrogens is 345 g/mol. The number of piperidine rings is 1. The van der Waals surface area contributed by atoms with Crippen LogP contribution >= 0.6 is 12.4 Å². The highest BCUT2D eigenvalue weighted by Gasteiger charge is 2.27. The van der Waals surface area contributed by atoms with Gasteiger partial charge in [-0.3, -0.25) is 9.59 Å². The largest absolute Gasteiger partial charge is 0.342 e. The number of benzene rings is 1. The first-order valence-corrected chi connectivity index (χ1v) is 8.67. The van der Waals surface area contributed by atoms with Crippen molar-refractivity contribution >= 4 is 29.9 Å². The molecule has 3 rings (SSSR count). The van der Waals surface area contributed by atoms with Crippen LogP contribution in [0, 0.1) is 17.7 Å². The summed E-state index contributed by atoms with van der Waals surface area (Å²) in [7, 11) is 0. The maximum absolute atomic E-state index is 12.9. The Hall–Kier alpha value is -1.66. The van der Waals surface area contributed by atoms with Crippen molar-refractivity contribution in [1.29, 1.82) is 0 Å². The summed E-state index contributed by atoms with van der Waals surface area (Å²) in [5, 5.41) is 6.03. The van der Waals surface area contributed by atoms with Crippen molar-refractivity contribution in [3.63, 3.8) is 0 Å². The monoisotopic (exact) mass is 369 g/mol. The van der Waals surface area contributed by atoms with Crippen molar-refractivity contribution in [2.45, 2.75) is 25.7 Å². The van der Waals surface area contributed by atoms with E-state index >= 15 is 0 Å². The van der Waals surface area contributed by atoms with Gasteiger partial charge in [0.15, 0.2) is 0 Å². The van der Waals surface area contributed by atoms with Crippen LogP contribution in [0.25, 0.3) is 0 Å². The minimum absolute atomic E-state index is 0. The third-order valence-electron chi connectivity index (χ3n) is 4.74. The normalized spacial score (nSPS) is 17.7. The third-order valence-corrected chi connectivity index (χ3v) is 4.74. The van der Waals surface area contributed by atoms with Gasteiger partial charge in [0.1, 0.15) is 5.82 Å². The molecule has 2 fully saturated rings. The van der Waals surface area contributed by atoms with Gasteiger partial charge in [-0.05, 0) is 62.4 Å². The third kappa shape index (κ3) is 5.97. The lowest BCUT2D eigenvalue weighted by Gasteiger charge is -2.31. The molecule has 7 heteroatoms. The summed E-state index contributed by atoms with van der Waals surface area (Å²) in [5.74, 6) is 0.404. The molecule has 0 spiro atoms. The first-order chi connectivity index (χ1) is 11.6. The standard InChI is InChI=1S/C18H24FN3O2.ClH/c19-15-3-5-16(6-4-15)21-18(24)14-7-9-22(10-8-14)17(23)12-20-11-13-1-2-13;/h3-6,13-14,20H,1-2,7-12H2,(H,21,24);1H. The average molecular weight is 370 g/mol. The SMILES string of the molecule is Cl.O=C(Nc1ccc(F)cc1)C1CCN(C(=O)CNCC2CC2)CC1. The number of hydrogen-bond acceptors (Lipinski definition) is 3. The molecule has 0 unspecified atom stereocenters. The second-order valence-corrected chi connectivity index (χ2v) is 6.73. The number of nitrogens with zero attached hydrogens (tertiary/aromatic N) is 1. The van der Waals surface area contributed by atoms with Gasteiger partial charge in [0, 0.05) is 24.7 Å². The molecule has 5 nitrogen and oxygen atoms in total. The first-order valence-electron chi connectivity index (χ1n) is 8.67. The van der Waals surface area contributed by atoms with E-state index in [1.807, 2.05) is 4.90 Å². The molecule has 138 valence electrons. The van der Waals surface area contributed by atoms with Crippen LogP contribution in [0.4, 0.5) is 10.1 Å². The molecular formula is C18H25ClFN3O2. The van der Waals surface area contributed by atoms with Crippen LogP contribution in [0.2, 0.25) is 0 Å². The maximum Gasteiger partial charge on any atom is 0.236 e. The topological polar surface area (TPSA) is 61.4 Å². The summed E-state index contributed by atoms with van der Waals surface area (Å²) < 4.78 is 12.9. The van der Waals surface area contributed by atoms with Crippen molar-refractivity contribution in [3.8, 4) is 0 Å². The number of carbonyl (C=O) groups is 2. The van der Waals surface area contributed by atoms with Crippen LogP contribution in [0.3, 0.4) is 0 Å². The van der Waals surface area contributed by atoms with E-state index < -0.39 is 0 Å². The first kappa shape index (κ1) is 19.7. The lowest BCUT2D eigenvalue weighted by Crippen LogP contribution is -2.45. The Kier molecular flexibility index (Phi) is 7.20. The van der Waals surface area contributed by atoms with E-state index in [1.165, 1.54) is 25.0 Å². The Morgan fingerprint density at radius 3 is 2.32 bits per heavy atom. The molecule has 2 amide bonds. The van der Waals surface area contributed by atoms with Crippen LogP contribution in [-0.2, 0) is 9.59 Å². The molecule has 1 heterocycles. The van der Waals surface area contributed by atoms with Gasteiger partial charge in [-0.1, -0.05) is 0 Å². The lowest BCUT2D eigenvalue weighted by molar-refractivity contribution is -0.133. The van der Waals surface area contributed by atoms with Gasteiger partial charge in [0.2, 0.25) is 11.8 Å². The number of halogens is 2. The van der Waals surface area contributed by atoms with Crippen molar-refractivity contribution in [3.05, 3.63) is 30.1 Å². The predicted octanol–water partition coefficient (Wildman–Crippen LogP) is 2.42. The second kappa shape index (κ2) is 9.15. The molecule has 1 aliphatic carbocycles. The molecule has 0 radical (unpaired) electrons. The Bertz CT molecular complexity index is 584. The number of hydrogen-bond donors (Lipinski definition) is 2. The zero-order chi connectivity index (χ0) is 16.9. The van der Waals surface area contributed by atoms with Gasteiger partial charge < -0.3 is 15.5 Å². The van der Waals surface area contributed by atoms with Crippen LogP contribution in [0.15, 0.2) is 24.3 Å². The summed E-state index contributed by atoms with van der Waals surface area (Å²) >= 11 is 0. The van der Waals surface area contributed by atoms with E-state index in [4.69, 9.17) is 0 Å². The van der Waals surface area contributed by atoms with E-state index in [-0.39, 0.29) is 36.0 Å². The highest BCUT2D eigenvalue weighted by molar-refractivity contribution is 5.92. The van der Waals surface area contributed by atoms with Crippen molar-refractivity contribution in [1.82, 2.24) is 10.2 Å². The average Bonchev–Trinajstić information content (AvgIpc) is 3.41. The van der Waals surface area contributed by atoms with E-state index in [1.54, 1.807) is 12.1 Å². The highest BCUT2D eigenvalue weighted by Crippen LogP contribution is 2.27. The molecule has 0 bridgehead atoms. The van der Waals surface area contributed by atoms with Gasteiger partial charge in [0.05, 0.1) is 6.54 Å². The molecule has 0 atom stereocenters. The Balaban J connectivity index is 0.00000225. The molecule has 2 aliphatic rings. The van der Waals surface area contributed by atoms with E-state index in [9.17, 15) is 14.0 Å². The quantitative estimate of drug-likeness (QED) is 0.809. The van der Waals surface area contributed by atoms with Gasteiger partial charge in [-0.25, -0.2) is 4.39 Å². The molecule has 1 saturated carbocycles. The summed E-state index contributed by atoms with van der Waals surface area (Å²) in [6.45, 7) is 2.56. The highest BCUT2D eigenvalue weighted by atomic mass is 35.5. The summed E-state index contributed by atoms with van der Waals surface area (Å²) in [5.41, 5.74) is 0.601. The number of amides is 2. The lowest BCUT2D eigenvalue weighted by atomic mass is 9.95. The predicted molar refractivity (Wildman–Crippen MR) is 97.2 cm³/mol. The molecule has 1 aliphatic heterocycles. The minimum atomic E-state index is -0.324. The molecule has 0 aromatic heterocycles. The van der Waals surface area contributed by atoms with Gasteiger partial charge in [0.25, 0.3) is 0 Å². The zero-order valence-corrected chi connectivity index (χ0v) is 15.0. The second-order valence-electron chi connectivity index (χ2n) is 6.73. The molecule has 2 N–H and O–H groups in total. The van der Waals surface area contributed by atoms with E-state index in [2.05, 4.69) is 10.6 Å². The maximum atomic E-state index is 12.9. The van der Waals surface area contributed by atoms with Crippen LogP contribution in [-0.4, -0.2) is 42.9 Å². The number of carbonyl (C=O) groups excluding carboxylic acids is 2. The van der Waals surface area contributed by atoms with Crippen molar-refractivity contribution in [2.75, 3.05) is 31.5 Å². The van der Waals surface area contributed by atoms with Gasteiger partial charge in [-0.2, -0.15) is 0 Å². The van der Waals surface area contributed by atoms with Gasteiger partial charge >= 0.3 is 0 Å². The van der Waals surface area contributed by atoms with E-state index in [0.29, 0.717) is 38.2 Å².